The predicted octanol–water partition coefficient (Wildman–Crippen LogP) is 3.80. The number of nitrogens with one attached hydrogen (secondary N) is 1. The second kappa shape index (κ2) is 5.86. The third-order valence-electron chi connectivity index (χ3n) is 3.38. The van der Waals surface area contributed by atoms with E-state index in [9.17, 15) is 32.5 Å². The first kappa shape index (κ1) is 17.5. The van der Waals surface area contributed by atoms with Crippen molar-refractivity contribution in [2.24, 2.45) is 0 Å². The van der Waals surface area contributed by atoms with Gasteiger partial charge in [0.15, 0.2) is 11.5 Å². The highest BCUT2D eigenvalue weighted by atomic mass is 19.3. The van der Waals surface area contributed by atoms with Crippen LogP contribution in [0.15, 0.2) is 42.5 Å². The summed E-state index contributed by atoms with van der Waals surface area (Å²) in [6.07, 6.45) is -9.87. The fraction of sp³-hybridized carbons (Fsp3) is 0.133. The number of carbonyl (C=O) groups is 1. The number of para-hydroxylation sites is 2. The summed E-state index contributed by atoms with van der Waals surface area (Å²) in [6, 6.07) is 8.09. The van der Waals surface area contributed by atoms with Gasteiger partial charge in [0.05, 0.1) is 10.6 Å². The van der Waals surface area contributed by atoms with Gasteiger partial charge in [-0.1, -0.05) is 18.2 Å². The van der Waals surface area contributed by atoms with Crippen molar-refractivity contribution in [2.75, 3.05) is 5.32 Å². The van der Waals surface area contributed by atoms with E-state index in [2.05, 4.69) is 14.8 Å². The second-order valence-electron chi connectivity index (χ2n) is 5.10. The summed E-state index contributed by atoms with van der Waals surface area (Å²) in [5, 5.41) is 13.1. The number of hydrogen-bond donors (Lipinski definition) is 1. The zero-order valence-corrected chi connectivity index (χ0v) is 12.5. The lowest BCUT2D eigenvalue weighted by atomic mass is 10.1. The summed E-state index contributed by atoms with van der Waals surface area (Å²) >= 11 is 0. The molecule has 11 heteroatoms. The number of nitro groups is 1. The number of alkyl halides is 4. The van der Waals surface area contributed by atoms with Crippen molar-refractivity contribution in [2.45, 2.75) is 12.2 Å². The number of anilines is 1. The molecular weight excluding hydrogens is 364 g/mol. The van der Waals surface area contributed by atoms with Gasteiger partial charge >= 0.3 is 12.2 Å². The molecule has 3 rings (SSSR count). The maximum atomic E-state index is 13.4. The van der Waals surface area contributed by atoms with Crippen LogP contribution in [0.5, 0.6) is 11.5 Å². The zero-order chi connectivity index (χ0) is 19.1. The average molecular weight is 372 g/mol. The monoisotopic (exact) mass is 372 g/mol. The van der Waals surface area contributed by atoms with Crippen molar-refractivity contribution in [1.82, 2.24) is 0 Å². The van der Waals surface area contributed by atoms with Gasteiger partial charge in [0, 0.05) is 6.07 Å². The van der Waals surface area contributed by atoms with E-state index >= 15 is 0 Å². The average Bonchev–Trinajstić information content (AvgIpc) is 2.56. The number of amides is 1. The Morgan fingerprint density at radius 3 is 2.35 bits per heavy atom. The summed E-state index contributed by atoms with van der Waals surface area (Å²) in [4.78, 5) is 22.4. The van der Waals surface area contributed by atoms with Crippen LogP contribution >= 0.6 is 0 Å². The van der Waals surface area contributed by atoms with Crippen LogP contribution in [0.3, 0.4) is 0 Å². The molecule has 0 aromatic heterocycles. The van der Waals surface area contributed by atoms with Gasteiger partial charge in [-0.15, -0.1) is 0 Å². The number of carbonyl (C=O) groups excluding carboxylic acids is 1. The van der Waals surface area contributed by atoms with Gasteiger partial charge in [-0.3, -0.25) is 14.9 Å². The van der Waals surface area contributed by atoms with Gasteiger partial charge < -0.3 is 14.8 Å². The first-order valence-electron chi connectivity index (χ1n) is 6.94. The molecule has 0 aliphatic carbocycles. The van der Waals surface area contributed by atoms with E-state index in [0.717, 1.165) is 30.3 Å². The molecule has 0 fully saturated rings. The molecule has 26 heavy (non-hydrogen) atoms. The Morgan fingerprint density at radius 1 is 1.00 bits per heavy atom. The summed E-state index contributed by atoms with van der Waals surface area (Å²) in [6.45, 7) is 0. The highest BCUT2D eigenvalue weighted by Gasteiger charge is 2.66. The largest absolute Gasteiger partial charge is 0.507 e. The van der Waals surface area contributed by atoms with Crippen LogP contribution in [0.2, 0.25) is 0 Å². The number of nitro benzene ring substituents is 1. The number of ether oxygens (including phenoxy) is 2. The molecule has 0 saturated carbocycles. The van der Waals surface area contributed by atoms with Crippen molar-refractivity contribution >= 4 is 17.3 Å². The second-order valence-corrected chi connectivity index (χ2v) is 5.10. The van der Waals surface area contributed by atoms with Crippen LogP contribution < -0.4 is 14.8 Å². The summed E-state index contributed by atoms with van der Waals surface area (Å²) in [5.41, 5.74) is -1.30. The molecule has 2 aromatic carbocycles. The maximum absolute atomic E-state index is 13.4. The van der Waals surface area contributed by atoms with Crippen molar-refractivity contribution in [3.8, 4) is 11.5 Å². The third-order valence-corrected chi connectivity index (χ3v) is 3.38. The topological polar surface area (TPSA) is 90.7 Å². The molecular formula is C15H8F4N2O5. The minimum atomic E-state index is -4.97. The molecule has 0 spiro atoms. The summed E-state index contributed by atoms with van der Waals surface area (Å²) in [7, 11) is 0. The normalized spacial score (nSPS) is 16.6. The number of hydrogen-bond acceptors (Lipinski definition) is 5. The molecule has 0 bridgehead atoms. The first-order valence-corrected chi connectivity index (χ1v) is 6.94. The Kier molecular flexibility index (Phi) is 3.93. The number of benzene rings is 2. The number of rotatable bonds is 3. The number of halogens is 4. The Labute approximate surface area is 142 Å². The van der Waals surface area contributed by atoms with E-state index in [0.29, 0.717) is 0 Å². The van der Waals surface area contributed by atoms with E-state index in [1.165, 1.54) is 12.1 Å². The lowest BCUT2D eigenvalue weighted by molar-refractivity contribution is -0.391. The van der Waals surface area contributed by atoms with Gasteiger partial charge in [0.25, 0.3) is 11.6 Å². The smallest absolute Gasteiger partial charge is 0.421 e. The third kappa shape index (κ3) is 2.87. The molecule has 0 saturated heterocycles. The number of fused-ring (bicyclic) bond motifs is 1. The lowest BCUT2D eigenvalue weighted by Gasteiger charge is -2.32. The van der Waals surface area contributed by atoms with Crippen LogP contribution in [-0.2, 0) is 0 Å². The highest BCUT2D eigenvalue weighted by molar-refractivity contribution is 6.07. The quantitative estimate of drug-likeness (QED) is 0.503. The van der Waals surface area contributed by atoms with Gasteiger partial charge in [-0.05, 0) is 18.2 Å². The van der Waals surface area contributed by atoms with Crippen LogP contribution in [0.25, 0.3) is 0 Å². The molecule has 2 aromatic rings. The predicted molar refractivity (Wildman–Crippen MR) is 78.6 cm³/mol. The van der Waals surface area contributed by atoms with Gasteiger partial charge in [0.1, 0.15) is 5.56 Å². The van der Waals surface area contributed by atoms with Crippen molar-refractivity contribution in [1.29, 1.82) is 0 Å². The molecule has 1 N–H and O–H groups in total. The zero-order valence-electron chi connectivity index (χ0n) is 12.5. The molecule has 1 heterocycles. The van der Waals surface area contributed by atoms with Gasteiger partial charge in [-0.25, -0.2) is 0 Å². The molecule has 0 atom stereocenters. The minimum Gasteiger partial charge on any atom is -0.421 e. The van der Waals surface area contributed by atoms with Gasteiger partial charge in [0.2, 0.25) is 0 Å². The van der Waals surface area contributed by atoms with Crippen LogP contribution in [0.1, 0.15) is 10.4 Å². The maximum Gasteiger partial charge on any atom is 0.507 e. The Morgan fingerprint density at radius 2 is 1.65 bits per heavy atom. The first-order chi connectivity index (χ1) is 12.1. The van der Waals surface area contributed by atoms with Crippen molar-refractivity contribution in [3.05, 3.63) is 58.1 Å². The summed E-state index contributed by atoms with van der Waals surface area (Å²) < 4.78 is 61.1. The van der Waals surface area contributed by atoms with Crippen LogP contribution in [0.4, 0.5) is 28.9 Å². The molecule has 1 aliphatic rings. The van der Waals surface area contributed by atoms with Gasteiger partial charge in [-0.2, -0.15) is 17.6 Å². The van der Waals surface area contributed by atoms with E-state index in [1.54, 1.807) is 0 Å². The summed E-state index contributed by atoms with van der Waals surface area (Å²) in [5.74, 6) is -2.56. The Balaban J connectivity index is 1.96. The lowest BCUT2D eigenvalue weighted by Crippen LogP contribution is -2.52. The van der Waals surface area contributed by atoms with Crippen molar-refractivity contribution in [3.63, 3.8) is 0 Å². The minimum absolute atomic E-state index is 0.357. The Bertz CT molecular complexity index is 903. The molecule has 0 unspecified atom stereocenters. The fourth-order valence-electron chi connectivity index (χ4n) is 2.20. The van der Waals surface area contributed by atoms with E-state index in [1.807, 2.05) is 0 Å². The molecule has 7 nitrogen and oxygen atoms in total. The fourth-order valence-corrected chi connectivity index (χ4v) is 2.20. The van der Waals surface area contributed by atoms with E-state index < -0.39 is 45.9 Å². The van der Waals surface area contributed by atoms with Crippen molar-refractivity contribution < 1.29 is 36.8 Å². The SMILES string of the molecule is O=C(Nc1cccc2c1OC(F)(F)C(F)(F)O2)c1ccccc1[N+](=O)[O-]. The standard InChI is InChI=1S/C15H8F4N2O5/c16-14(17)15(18,19)26-12-9(5-3-7-11(12)25-14)20-13(22)8-4-1-2-6-10(8)21(23)24/h1-7H,(H,20,22). The molecule has 136 valence electrons. The molecule has 1 aliphatic heterocycles. The molecule has 1 amide bonds. The highest BCUT2D eigenvalue weighted by Crippen LogP contribution is 2.49. The Hall–Kier alpha value is -3.37. The number of nitrogens with zero attached hydrogens (tertiary/aromatic N) is 1. The molecule has 0 radical (unpaired) electrons. The van der Waals surface area contributed by atoms with E-state index in [-0.39, 0.29) is 5.56 Å². The van der Waals surface area contributed by atoms with Crippen LogP contribution in [0, 0.1) is 10.1 Å². The van der Waals surface area contributed by atoms with E-state index in [4.69, 9.17) is 0 Å². The van der Waals surface area contributed by atoms with Crippen LogP contribution in [-0.4, -0.2) is 23.0 Å².